The van der Waals surface area contributed by atoms with Gasteiger partial charge in [-0.3, -0.25) is 9.79 Å². The fourth-order valence-corrected chi connectivity index (χ4v) is 2.63. The number of hydrogen-bond donors (Lipinski definition) is 3. The zero-order chi connectivity index (χ0) is 18.9. The fraction of sp³-hybridized carbons (Fsp3) is 0.421. The predicted molar refractivity (Wildman–Crippen MR) is 105 cm³/mol. The zero-order valence-corrected chi connectivity index (χ0v) is 16.0. The summed E-state index contributed by atoms with van der Waals surface area (Å²) < 4.78 is 1.95. The molecule has 0 fully saturated rings. The van der Waals surface area contributed by atoms with Gasteiger partial charge in [-0.25, -0.2) is 4.68 Å². The highest BCUT2D eigenvalue weighted by atomic mass is 16.1. The molecule has 0 aliphatic rings. The summed E-state index contributed by atoms with van der Waals surface area (Å²) in [4.78, 5) is 15.9. The number of rotatable bonds is 7. The van der Waals surface area contributed by atoms with Gasteiger partial charge in [0.2, 0.25) is 5.91 Å². The molecule has 26 heavy (non-hydrogen) atoms. The Morgan fingerprint density at radius 3 is 2.62 bits per heavy atom. The maximum Gasteiger partial charge on any atom is 0.239 e. The van der Waals surface area contributed by atoms with Crippen LogP contribution in [0.2, 0.25) is 0 Å². The van der Waals surface area contributed by atoms with Crippen LogP contribution in [0.25, 0.3) is 5.69 Å². The first kappa shape index (κ1) is 19.5. The molecule has 1 aromatic heterocycles. The first-order valence-corrected chi connectivity index (χ1v) is 8.88. The van der Waals surface area contributed by atoms with E-state index in [1.54, 1.807) is 7.05 Å². The first-order chi connectivity index (χ1) is 12.5. The number of carbonyl (C=O) groups is 1. The monoisotopic (exact) mass is 356 g/mol. The number of amides is 1. The molecule has 1 amide bonds. The van der Waals surface area contributed by atoms with Crippen molar-refractivity contribution >= 4 is 11.9 Å². The second kappa shape index (κ2) is 9.60. The molecule has 0 radical (unpaired) electrons. The van der Waals surface area contributed by atoms with E-state index in [4.69, 9.17) is 0 Å². The van der Waals surface area contributed by atoms with Crippen molar-refractivity contribution in [3.8, 4) is 5.69 Å². The second-order valence-electron chi connectivity index (χ2n) is 6.10. The average molecular weight is 356 g/mol. The third-order valence-corrected chi connectivity index (χ3v) is 3.89. The Hall–Kier alpha value is -2.83. The minimum Gasteiger partial charge on any atom is -0.355 e. The van der Waals surface area contributed by atoms with Crippen molar-refractivity contribution in [2.24, 2.45) is 4.99 Å². The largest absolute Gasteiger partial charge is 0.355 e. The highest BCUT2D eigenvalue weighted by molar-refractivity contribution is 5.86. The summed E-state index contributed by atoms with van der Waals surface area (Å²) in [7, 11) is 1.69. The van der Waals surface area contributed by atoms with Crippen LogP contribution in [0.3, 0.4) is 0 Å². The quantitative estimate of drug-likeness (QED) is 0.521. The van der Waals surface area contributed by atoms with E-state index in [0.29, 0.717) is 19.0 Å². The summed E-state index contributed by atoms with van der Waals surface area (Å²) in [6.07, 6.45) is 0.918. The Morgan fingerprint density at radius 2 is 1.96 bits per heavy atom. The smallest absolute Gasteiger partial charge is 0.239 e. The van der Waals surface area contributed by atoms with Crippen molar-refractivity contribution in [1.29, 1.82) is 0 Å². The molecule has 0 saturated heterocycles. The molecule has 2 aromatic rings. The van der Waals surface area contributed by atoms with Crippen molar-refractivity contribution in [1.82, 2.24) is 25.7 Å². The van der Waals surface area contributed by atoms with Gasteiger partial charge in [0.15, 0.2) is 5.96 Å². The van der Waals surface area contributed by atoms with Gasteiger partial charge in [0.05, 0.1) is 17.9 Å². The number of aromatic nitrogens is 2. The van der Waals surface area contributed by atoms with E-state index in [1.165, 1.54) is 0 Å². The van der Waals surface area contributed by atoms with E-state index < -0.39 is 0 Å². The van der Waals surface area contributed by atoms with E-state index in [1.807, 2.05) is 43.7 Å². The van der Waals surface area contributed by atoms with Crippen LogP contribution in [0.15, 0.2) is 35.3 Å². The van der Waals surface area contributed by atoms with Gasteiger partial charge in [-0.2, -0.15) is 5.10 Å². The maximum absolute atomic E-state index is 11.7. The van der Waals surface area contributed by atoms with Crippen LogP contribution in [0, 0.1) is 13.8 Å². The Kier molecular flexibility index (Phi) is 7.20. The molecule has 0 spiro atoms. The standard InChI is InChI=1S/C19H28N6O/c1-5-10-21-18(26)13-23-19(20-4)22-12-16-8-6-7-9-17(16)25-15(3)11-14(2)24-25/h6-9,11H,5,10,12-13H2,1-4H3,(H,21,26)(H2,20,22,23). The highest BCUT2D eigenvalue weighted by Gasteiger charge is 2.09. The molecule has 1 heterocycles. The molecule has 7 nitrogen and oxygen atoms in total. The number of aliphatic imine (C=N–C) groups is 1. The number of guanidine groups is 1. The van der Waals surface area contributed by atoms with Gasteiger partial charge in [-0.05, 0) is 38.0 Å². The lowest BCUT2D eigenvalue weighted by Gasteiger charge is -2.15. The van der Waals surface area contributed by atoms with Gasteiger partial charge in [0, 0.05) is 25.8 Å². The average Bonchev–Trinajstić information content (AvgIpc) is 2.98. The number of nitrogens with one attached hydrogen (secondary N) is 3. The van der Waals surface area contributed by atoms with E-state index in [0.717, 1.165) is 29.1 Å². The molecule has 0 saturated carbocycles. The van der Waals surface area contributed by atoms with Crippen molar-refractivity contribution in [3.05, 3.63) is 47.3 Å². The summed E-state index contributed by atoms with van der Waals surface area (Å²) in [5.74, 6) is 0.540. The molecule has 0 atom stereocenters. The lowest BCUT2D eigenvalue weighted by atomic mass is 10.1. The topological polar surface area (TPSA) is 83.3 Å². The van der Waals surface area contributed by atoms with Crippen LogP contribution in [-0.4, -0.2) is 41.8 Å². The normalized spacial score (nSPS) is 11.3. The zero-order valence-electron chi connectivity index (χ0n) is 16.0. The minimum absolute atomic E-state index is 0.0437. The number of para-hydroxylation sites is 1. The van der Waals surface area contributed by atoms with E-state index in [9.17, 15) is 4.79 Å². The van der Waals surface area contributed by atoms with Gasteiger partial charge in [-0.15, -0.1) is 0 Å². The van der Waals surface area contributed by atoms with Crippen LogP contribution < -0.4 is 16.0 Å². The first-order valence-electron chi connectivity index (χ1n) is 8.88. The van der Waals surface area contributed by atoms with Crippen LogP contribution in [0.4, 0.5) is 0 Å². The van der Waals surface area contributed by atoms with Crippen LogP contribution in [0.5, 0.6) is 0 Å². The van der Waals surface area contributed by atoms with Crippen LogP contribution in [-0.2, 0) is 11.3 Å². The molecule has 1 aromatic carbocycles. The number of carbonyl (C=O) groups excluding carboxylic acids is 1. The molecule has 0 unspecified atom stereocenters. The number of nitrogens with zero attached hydrogens (tertiary/aromatic N) is 3. The number of benzene rings is 1. The molecule has 0 aliphatic carbocycles. The Morgan fingerprint density at radius 1 is 1.19 bits per heavy atom. The Labute approximate surface area is 154 Å². The maximum atomic E-state index is 11.7. The number of aryl methyl sites for hydroxylation is 2. The lowest BCUT2D eigenvalue weighted by Crippen LogP contribution is -2.43. The van der Waals surface area contributed by atoms with Gasteiger partial charge >= 0.3 is 0 Å². The third kappa shape index (κ3) is 5.34. The van der Waals surface area contributed by atoms with Gasteiger partial charge < -0.3 is 16.0 Å². The summed E-state index contributed by atoms with van der Waals surface area (Å²) in [5.41, 5.74) is 4.20. The minimum atomic E-state index is -0.0437. The van der Waals surface area contributed by atoms with Crippen molar-refractivity contribution in [2.45, 2.75) is 33.7 Å². The van der Waals surface area contributed by atoms with Gasteiger partial charge in [0.1, 0.15) is 0 Å². The molecule has 0 bridgehead atoms. The molecular weight excluding hydrogens is 328 g/mol. The molecule has 140 valence electrons. The molecule has 7 heteroatoms. The predicted octanol–water partition coefficient (Wildman–Crippen LogP) is 1.68. The van der Waals surface area contributed by atoms with Crippen LogP contribution in [0.1, 0.15) is 30.3 Å². The second-order valence-corrected chi connectivity index (χ2v) is 6.10. The Bertz CT molecular complexity index is 765. The molecular formula is C19H28N6O. The lowest BCUT2D eigenvalue weighted by molar-refractivity contribution is -0.120. The van der Waals surface area contributed by atoms with Crippen molar-refractivity contribution < 1.29 is 4.79 Å². The number of hydrogen-bond acceptors (Lipinski definition) is 3. The summed E-state index contributed by atoms with van der Waals surface area (Å²) in [6.45, 7) is 7.50. The summed E-state index contributed by atoms with van der Waals surface area (Å²) >= 11 is 0. The van der Waals surface area contributed by atoms with Crippen LogP contribution >= 0.6 is 0 Å². The fourth-order valence-electron chi connectivity index (χ4n) is 2.63. The van der Waals surface area contributed by atoms with Crippen molar-refractivity contribution in [3.63, 3.8) is 0 Å². The molecule has 0 aliphatic heterocycles. The van der Waals surface area contributed by atoms with E-state index >= 15 is 0 Å². The van der Waals surface area contributed by atoms with Crippen molar-refractivity contribution in [2.75, 3.05) is 20.1 Å². The summed E-state index contributed by atoms with van der Waals surface area (Å²) in [5, 5.41) is 13.7. The molecule has 2 rings (SSSR count). The van der Waals surface area contributed by atoms with Gasteiger partial charge in [-0.1, -0.05) is 25.1 Å². The highest BCUT2D eigenvalue weighted by Crippen LogP contribution is 2.16. The SMILES string of the molecule is CCCNC(=O)CNC(=NC)NCc1ccccc1-n1nc(C)cc1C. The molecule has 3 N–H and O–H groups in total. The third-order valence-electron chi connectivity index (χ3n) is 3.89. The van der Waals surface area contributed by atoms with E-state index in [-0.39, 0.29) is 12.5 Å². The summed E-state index contributed by atoms with van der Waals surface area (Å²) in [6, 6.07) is 10.2. The van der Waals surface area contributed by atoms with Gasteiger partial charge in [0.25, 0.3) is 0 Å². The van der Waals surface area contributed by atoms with E-state index in [2.05, 4.69) is 38.2 Å². The Balaban J connectivity index is 2.00.